The Balaban J connectivity index is 1.69. The van der Waals surface area contributed by atoms with Crippen LogP contribution in [0.4, 0.5) is 0 Å². The molecule has 1 N–H and O–H groups in total. The van der Waals surface area contributed by atoms with Gasteiger partial charge in [0.2, 0.25) is 11.7 Å². The van der Waals surface area contributed by atoms with Crippen molar-refractivity contribution < 1.29 is 17.5 Å². The number of sulfonamides is 1. The first-order valence-corrected chi connectivity index (χ1v) is 8.63. The number of rotatable bonds is 6. The van der Waals surface area contributed by atoms with Crippen molar-refractivity contribution in [3.63, 3.8) is 0 Å². The van der Waals surface area contributed by atoms with E-state index in [2.05, 4.69) is 25.0 Å². The molecule has 10 nitrogen and oxygen atoms in total. The second kappa shape index (κ2) is 6.17. The number of aromatic nitrogens is 5. The summed E-state index contributed by atoms with van der Waals surface area (Å²) >= 11 is 0. The molecule has 0 aromatic carbocycles. The molecule has 128 valence electrons. The van der Waals surface area contributed by atoms with Gasteiger partial charge in [-0.3, -0.25) is 0 Å². The largest absolute Gasteiger partial charge is 0.361 e. The van der Waals surface area contributed by atoms with Crippen LogP contribution in [0.25, 0.3) is 11.5 Å². The third-order valence-corrected chi connectivity index (χ3v) is 4.47. The van der Waals surface area contributed by atoms with Gasteiger partial charge in [-0.1, -0.05) is 10.3 Å². The fourth-order valence-electron chi connectivity index (χ4n) is 1.87. The average molecular weight is 352 g/mol. The van der Waals surface area contributed by atoms with Crippen LogP contribution in [-0.2, 0) is 16.6 Å². The van der Waals surface area contributed by atoms with Crippen molar-refractivity contribution >= 4 is 10.0 Å². The van der Waals surface area contributed by atoms with Crippen molar-refractivity contribution in [2.45, 2.75) is 38.4 Å². The maximum Gasteiger partial charge on any atom is 0.260 e. The van der Waals surface area contributed by atoms with Crippen molar-refractivity contribution in [1.29, 1.82) is 0 Å². The molecule has 3 heterocycles. The first-order chi connectivity index (χ1) is 11.3. The zero-order valence-corrected chi connectivity index (χ0v) is 14.1. The quantitative estimate of drug-likeness (QED) is 0.702. The molecule has 0 amide bonds. The Morgan fingerprint density at radius 2 is 2.08 bits per heavy atom. The molecule has 0 aliphatic carbocycles. The zero-order chi connectivity index (χ0) is 17.3. The highest BCUT2D eigenvalue weighted by Gasteiger charge is 2.20. The van der Waals surface area contributed by atoms with Gasteiger partial charge in [-0.25, -0.2) is 18.1 Å². The highest BCUT2D eigenvalue weighted by atomic mass is 32.2. The van der Waals surface area contributed by atoms with Crippen molar-refractivity contribution in [2.24, 2.45) is 0 Å². The molecule has 0 atom stereocenters. The van der Waals surface area contributed by atoms with E-state index in [-0.39, 0.29) is 29.3 Å². The fraction of sp³-hybridized carbons (Fsp3) is 0.385. The molecule has 3 aromatic rings. The Morgan fingerprint density at radius 1 is 1.29 bits per heavy atom. The lowest BCUT2D eigenvalue weighted by atomic mass is 10.4. The van der Waals surface area contributed by atoms with Gasteiger partial charge in [0.05, 0.1) is 12.9 Å². The van der Waals surface area contributed by atoms with E-state index in [0.717, 1.165) is 0 Å². The molecule has 24 heavy (non-hydrogen) atoms. The van der Waals surface area contributed by atoms with Crippen LogP contribution in [0.5, 0.6) is 0 Å². The molecule has 0 fully saturated rings. The molecule has 0 saturated heterocycles. The molecule has 0 aliphatic rings. The second-order valence-corrected chi connectivity index (χ2v) is 7.13. The topological polar surface area (TPSA) is 129 Å². The van der Waals surface area contributed by atoms with E-state index >= 15 is 0 Å². The normalized spacial score (nSPS) is 12.2. The SMILES string of the molecule is Cc1cc(-c2noc(CNS(=O)(=O)c3cn(C(C)C)cn3)n2)no1. The predicted molar refractivity (Wildman–Crippen MR) is 81.2 cm³/mol. The van der Waals surface area contributed by atoms with E-state index in [4.69, 9.17) is 9.05 Å². The highest BCUT2D eigenvalue weighted by molar-refractivity contribution is 7.89. The van der Waals surface area contributed by atoms with E-state index in [9.17, 15) is 8.42 Å². The van der Waals surface area contributed by atoms with E-state index in [0.29, 0.717) is 11.5 Å². The Labute approximate surface area is 137 Å². The zero-order valence-electron chi connectivity index (χ0n) is 13.3. The standard InChI is InChI=1S/C13H16N6O4S/c1-8(2)19-6-12(14-7-19)24(20,21)15-5-11-16-13(18-23-11)10-4-9(3)22-17-10/h4,6-8,15H,5H2,1-3H3. The molecule has 0 unspecified atom stereocenters. The van der Waals surface area contributed by atoms with Crippen molar-refractivity contribution in [1.82, 2.24) is 29.6 Å². The van der Waals surface area contributed by atoms with Crippen LogP contribution < -0.4 is 4.72 Å². The number of nitrogens with zero attached hydrogens (tertiary/aromatic N) is 5. The minimum absolute atomic E-state index is 0.0666. The molecular formula is C13H16N6O4S. The maximum atomic E-state index is 12.2. The van der Waals surface area contributed by atoms with Gasteiger partial charge in [0.15, 0.2) is 10.7 Å². The first kappa shape index (κ1) is 16.3. The first-order valence-electron chi connectivity index (χ1n) is 7.14. The number of hydrogen-bond acceptors (Lipinski definition) is 8. The summed E-state index contributed by atoms with van der Waals surface area (Å²) in [5, 5.41) is 7.43. The highest BCUT2D eigenvalue weighted by Crippen LogP contribution is 2.15. The minimum Gasteiger partial charge on any atom is -0.361 e. The number of nitrogens with one attached hydrogen (secondary N) is 1. The third-order valence-electron chi connectivity index (χ3n) is 3.19. The lowest BCUT2D eigenvalue weighted by molar-refractivity contribution is 0.374. The number of imidazole rings is 1. The number of hydrogen-bond donors (Lipinski definition) is 1. The predicted octanol–water partition coefficient (Wildman–Crippen LogP) is 1.29. The van der Waals surface area contributed by atoms with Crippen LogP contribution in [0.1, 0.15) is 31.5 Å². The van der Waals surface area contributed by atoms with Crippen LogP contribution in [-0.4, -0.2) is 33.3 Å². The summed E-state index contributed by atoms with van der Waals surface area (Å²) in [5.74, 6) is 0.945. The summed E-state index contributed by atoms with van der Waals surface area (Å²) in [6.45, 7) is 5.44. The molecule has 0 spiro atoms. The molecule has 3 rings (SSSR count). The van der Waals surface area contributed by atoms with E-state index < -0.39 is 10.0 Å². The van der Waals surface area contributed by atoms with E-state index in [1.165, 1.54) is 12.5 Å². The molecule has 0 radical (unpaired) electrons. The van der Waals surface area contributed by atoms with Gasteiger partial charge in [-0.05, 0) is 20.8 Å². The molecular weight excluding hydrogens is 336 g/mol. The van der Waals surface area contributed by atoms with Crippen molar-refractivity contribution in [3.05, 3.63) is 30.2 Å². The van der Waals surface area contributed by atoms with Gasteiger partial charge in [-0.2, -0.15) is 4.98 Å². The average Bonchev–Trinajstić information content (AvgIpc) is 3.25. The summed E-state index contributed by atoms with van der Waals surface area (Å²) in [6.07, 6.45) is 2.93. The van der Waals surface area contributed by atoms with Crippen LogP contribution in [0, 0.1) is 6.92 Å². The lowest BCUT2D eigenvalue weighted by Gasteiger charge is -2.04. The van der Waals surface area contributed by atoms with Crippen molar-refractivity contribution in [2.75, 3.05) is 0 Å². The van der Waals surface area contributed by atoms with Crippen LogP contribution in [0.2, 0.25) is 0 Å². The Bertz CT molecular complexity index is 939. The molecule has 0 aliphatic heterocycles. The Kier molecular flexibility index (Phi) is 4.20. The lowest BCUT2D eigenvalue weighted by Crippen LogP contribution is -2.23. The van der Waals surface area contributed by atoms with Crippen LogP contribution >= 0.6 is 0 Å². The summed E-state index contributed by atoms with van der Waals surface area (Å²) in [7, 11) is -3.77. The molecule has 0 bridgehead atoms. The number of aryl methyl sites for hydroxylation is 1. The van der Waals surface area contributed by atoms with Gasteiger partial charge in [0.1, 0.15) is 5.76 Å². The summed E-state index contributed by atoms with van der Waals surface area (Å²) in [6, 6.07) is 1.77. The van der Waals surface area contributed by atoms with Crippen LogP contribution in [0.3, 0.4) is 0 Å². The summed E-state index contributed by atoms with van der Waals surface area (Å²) < 4.78 is 38.4. The van der Waals surface area contributed by atoms with Gasteiger partial charge >= 0.3 is 0 Å². The smallest absolute Gasteiger partial charge is 0.260 e. The third kappa shape index (κ3) is 3.36. The van der Waals surface area contributed by atoms with Crippen LogP contribution in [0.15, 0.2) is 32.7 Å². The van der Waals surface area contributed by atoms with Gasteiger partial charge < -0.3 is 13.6 Å². The molecule has 11 heteroatoms. The van der Waals surface area contributed by atoms with E-state index in [1.54, 1.807) is 17.6 Å². The fourth-order valence-corrected chi connectivity index (χ4v) is 2.78. The maximum absolute atomic E-state index is 12.2. The van der Waals surface area contributed by atoms with Gasteiger partial charge in [-0.15, -0.1) is 0 Å². The minimum atomic E-state index is -3.77. The van der Waals surface area contributed by atoms with Gasteiger partial charge in [0, 0.05) is 18.3 Å². The van der Waals surface area contributed by atoms with E-state index in [1.807, 2.05) is 13.8 Å². The summed E-state index contributed by atoms with van der Waals surface area (Å²) in [5.41, 5.74) is 0.418. The Hall–Kier alpha value is -2.53. The Morgan fingerprint density at radius 3 is 2.71 bits per heavy atom. The second-order valence-electron chi connectivity index (χ2n) is 5.41. The van der Waals surface area contributed by atoms with Gasteiger partial charge in [0.25, 0.3) is 10.0 Å². The summed E-state index contributed by atoms with van der Waals surface area (Å²) in [4.78, 5) is 7.97. The molecule has 0 saturated carbocycles. The molecule has 3 aromatic heterocycles. The monoisotopic (exact) mass is 352 g/mol. The van der Waals surface area contributed by atoms with Crippen molar-refractivity contribution in [3.8, 4) is 11.5 Å².